The summed E-state index contributed by atoms with van der Waals surface area (Å²) >= 11 is 13.0. The highest BCUT2D eigenvalue weighted by Crippen LogP contribution is 2.27. The second kappa shape index (κ2) is 14.8. The molecule has 1 N–H and O–H groups in total. The Hall–Kier alpha value is -3.02. The highest BCUT2D eigenvalue weighted by Gasteiger charge is 2.31. The van der Waals surface area contributed by atoms with Crippen LogP contribution in [0.2, 0.25) is 10.0 Å². The SMILES string of the molecule is CC[C@@H](C)NC(=O)[C@H](Cc1ccccc1)N(Cc1c(Cl)cccc1Cl)C(=O)CCCOc1ccc(C)cc1. The fourth-order valence-electron chi connectivity index (χ4n) is 4.04. The molecule has 0 fully saturated rings. The van der Waals surface area contributed by atoms with Gasteiger partial charge in [-0.3, -0.25) is 9.59 Å². The second-order valence-electron chi connectivity index (χ2n) is 9.51. The van der Waals surface area contributed by atoms with Gasteiger partial charge in [-0.15, -0.1) is 0 Å². The van der Waals surface area contributed by atoms with Crippen LogP contribution in [0.1, 0.15) is 49.8 Å². The standard InChI is InChI=1S/C31H36Cl2N2O3/c1-4-23(3)34-31(37)29(20-24-10-6-5-7-11-24)35(21-26-27(32)12-8-13-28(26)33)30(36)14-9-19-38-25-17-15-22(2)16-18-25/h5-8,10-13,15-18,23,29H,4,9,14,19-21H2,1-3H3,(H,34,37)/t23-,29+/m1/s1. The quantitative estimate of drug-likeness (QED) is 0.231. The van der Waals surface area contributed by atoms with Crippen LogP contribution in [-0.4, -0.2) is 35.4 Å². The van der Waals surface area contributed by atoms with E-state index >= 15 is 0 Å². The average molecular weight is 556 g/mol. The van der Waals surface area contributed by atoms with Gasteiger partial charge in [0, 0.05) is 41.0 Å². The van der Waals surface area contributed by atoms with Crippen LogP contribution in [0.5, 0.6) is 5.75 Å². The number of hydrogen-bond donors (Lipinski definition) is 1. The normalized spacial score (nSPS) is 12.4. The summed E-state index contributed by atoms with van der Waals surface area (Å²) in [6, 6.07) is 22.0. The lowest BCUT2D eigenvalue weighted by atomic mass is 10.0. The predicted molar refractivity (Wildman–Crippen MR) is 155 cm³/mol. The number of hydrogen-bond acceptors (Lipinski definition) is 3. The number of carbonyl (C=O) groups is 2. The van der Waals surface area contributed by atoms with Crippen LogP contribution < -0.4 is 10.1 Å². The first-order valence-corrected chi connectivity index (χ1v) is 13.8. The van der Waals surface area contributed by atoms with Crippen LogP contribution in [0.15, 0.2) is 72.8 Å². The number of benzene rings is 3. The molecule has 38 heavy (non-hydrogen) atoms. The minimum atomic E-state index is -0.732. The molecule has 0 aromatic heterocycles. The maximum Gasteiger partial charge on any atom is 0.243 e. The fraction of sp³-hybridized carbons (Fsp3) is 0.355. The molecule has 2 atom stereocenters. The molecule has 0 saturated heterocycles. The molecule has 2 amide bonds. The number of halogens is 2. The van der Waals surface area contributed by atoms with Gasteiger partial charge in [-0.05, 0) is 56.5 Å². The van der Waals surface area contributed by atoms with Gasteiger partial charge in [-0.1, -0.05) is 84.2 Å². The van der Waals surface area contributed by atoms with Gasteiger partial charge in [-0.25, -0.2) is 0 Å². The van der Waals surface area contributed by atoms with E-state index in [1.807, 2.05) is 75.4 Å². The molecule has 0 spiro atoms. The summed E-state index contributed by atoms with van der Waals surface area (Å²) in [5.74, 6) is 0.405. The largest absolute Gasteiger partial charge is 0.494 e. The molecule has 0 heterocycles. The first kappa shape index (κ1) is 29.5. The number of nitrogens with zero attached hydrogens (tertiary/aromatic N) is 1. The third-order valence-electron chi connectivity index (χ3n) is 6.49. The molecule has 0 aliphatic rings. The van der Waals surface area contributed by atoms with Crippen LogP contribution in [0.3, 0.4) is 0 Å². The first-order valence-electron chi connectivity index (χ1n) is 13.0. The van der Waals surface area contributed by atoms with Crippen molar-refractivity contribution in [3.63, 3.8) is 0 Å². The monoisotopic (exact) mass is 554 g/mol. The number of ether oxygens (including phenoxy) is 1. The van der Waals surface area contributed by atoms with Gasteiger partial charge >= 0.3 is 0 Å². The Kier molecular flexibility index (Phi) is 11.5. The molecule has 3 aromatic carbocycles. The molecule has 5 nitrogen and oxygen atoms in total. The summed E-state index contributed by atoms with van der Waals surface area (Å²) in [6.07, 6.45) is 1.88. The molecule has 0 saturated carbocycles. The third kappa shape index (κ3) is 8.78. The smallest absolute Gasteiger partial charge is 0.243 e. The van der Waals surface area contributed by atoms with Crippen molar-refractivity contribution in [3.05, 3.63) is 99.5 Å². The van der Waals surface area contributed by atoms with Gasteiger partial charge in [0.05, 0.1) is 6.61 Å². The number of carbonyl (C=O) groups excluding carboxylic acids is 2. The zero-order chi connectivity index (χ0) is 27.5. The summed E-state index contributed by atoms with van der Waals surface area (Å²) in [4.78, 5) is 28.9. The van der Waals surface area contributed by atoms with E-state index in [1.54, 1.807) is 23.1 Å². The number of nitrogens with one attached hydrogen (secondary N) is 1. The Balaban J connectivity index is 1.84. The summed E-state index contributed by atoms with van der Waals surface area (Å²) in [7, 11) is 0. The van der Waals surface area contributed by atoms with E-state index in [0.29, 0.717) is 35.1 Å². The minimum Gasteiger partial charge on any atom is -0.494 e. The van der Waals surface area contributed by atoms with E-state index in [0.717, 1.165) is 23.3 Å². The molecule has 0 bridgehead atoms. The van der Waals surface area contributed by atoms with Crippen molar-refractivity contribution in [2.45, 2.75) is 65.1 Å². The molecule has 202 valence electrons. The highest BCUT2D eigenvalue weighted by atomic mass is 35.5. The average Bonchev–Trinajstić information content (AvgIpc) is 2.91. The molecule has 3 aromatic rings. The molecule has 0 unspecified atom stereocenters. The van der Waals surface area contributed by atoms with Gasteiger partial charge in [-0.2, -0.15) is 0 Å². The van der Waals surface area contributed by atoms with Crippen molar-refractivity contribution in [2.24, 2.45) is 0 Å². The van der Waals surface area contributed by atoms with E-state index in [4.69, 9.17) is 27.9 Å². The van der Waals surface area contributed by atoms with Gasteiger partial charge in [0.2, 0.25) is 11.8 Å². The van der Waals surface area contributed by atoms with Crippen LogP contribution >= 0.6 is 23.2 Å². The lowest BCUT2D eigenvalue weighted by molar-refractivity contribution is -0.141. The first-order chi connectivity index (χ1) is 18.3. The lowest BCUT2D eigenvalue weighted by Crippen LogP contribution is -2.52. The number of aryl methyl sites for hydroxylation is 1. The molecular weight excluding hydrogens is 519 g/mol. The van der Waals surface area contributed by atoms with Crippen LogP contribution in [0, 0.1) is 6.92 Å². The Labute approximate surface area is 236 Å². The minimum absolute atomic E-state index is 0.0236. The van der Waals surface area contributed by atoms with E-state index in [2.05, 4.69) is 5.32 Å². The Morgan fingerprint density at radius 1 is 0.947 bits per heavy atom. The highest BCUT2D eigenvalue weighted by molar-refractivity contribution is 6.36. The van der Waals surface area contributed by atoms with Gasteiger partial charge in [0.25, 0.3) is 0 Å². The van der Waals surface area contributed by atoms with Crippen molar-refractivity contribution in [1.29, 1.82) is 0 Å². The van der Waals surface area contributed by atoms with Crippen molar-refractivity contribution in [3.8, 4) is 5.75 Å². The lowest BCUT2D eigenvalue weighted by Gasteiger charge is -2.33. The van der Waals surface area contributed by atoms with Crippen LogP contribution in [-0.2, 0) is 22.6 Å². The third-order valence-corrected chi connectivity index (χ3v) is 7.20. The summed E-state index contributed by atoms with van der Waals surface area (Å²) in [5, 5.41) is 3.98. The Bertz CT molecular complexity index is 1170. The van der Waals surface area contributed by atoms with Crippen LogP contribution in [0.25, 0.3) is 0 Å². The number of amides is 2. The Morgan fingerprint density at radius 2 is 1.61 bits per heavy atom. The van der Waals surface area contributed by atoms with Crippen molar-refractivity contribution < 1.29 is 14.3 Å². The topological polar surface area (TPSA) is 58.6 Å². The van der Waals surface area contributed by atoms with Crippen molar-refractivity contribution in [2.75, 3.05) is 6.61 Å². The summed E-state index contributed by atoms with van der Waals surface area (Å²) in [5.41, 5.74) is 2.73. The molecule has 3 rings (SSSR count). The van der Waals surface area contributed by atoms with Gasteiger partial charge in [0.15, 0.2) is 0 Å². The molecule has 7 heteroatoms. The van der Waals surface area contributed by atoms with Crippen LogP contribution in [0.4, 0.5) is 0 Å². The molecule has 0 aliphatic heterocycles. The maximum atomic E-state index is 13.7. The molecule has 0 aliphatic carbocycles. The van der Waals surface area contributed by atoms with E-state index in [1.165, 1.54) is 0 Å². The van der Waals surface area contributed by atoms with Gasteiger partial charge in [0.1, 0.15) is 11.8 Å². The molecular formula is C31H36Cl2N2O3. The van der Waals surface area contributed by atoms with Gasteiger partial charge < -0.3 is 15.0 Å². The van der Waals surface area contributed by atoms with Crippen molar-refractivity contribution >= 4 is 35.0 Å². The van der Waals surface area contributed by atoms with E-state index < -0.39 is 6.04 Å². The van der Waals surface area contributed by atoms with Crippen molar-refractivity contribution in [1.82, 2.24) is 10.2 Å². The van der Waals surface area contributed by atoms with E-state index in [-0.39, 0.29) is 30.8 Å². The maximum absolute atomic E-state index is 13.7. The Morgan fingerprint density at radius 3 is 2.24 bits per heavy atom. The second-order valence-corrected chi connectivity index (χ2v) is 10.3. The zero-order valence-electron chi connectivity index (χ0n) is 22.3. The summed E-state index contributed by atoms with van der Waals surface area (Å²) < 4.78 is 5.83. The number of rotatable bonds is 13. The summed E-state index contributed by atoms with van der Waals surface area (Å²) in [6.45, 7) is 6.50. The predicted octanol–water partition coefficient (Wildman–Crippen LogP) is 7.02. The van der Waals surface area contributed by atoms with E-state index in [9.17, 15) is 9.59 Å². The molecule has 0 radical (unpaired) electrons. The zero-order valence-corrected chi connectivity index (χ0v) is 23.8. The fourth-order valence-corrected chi connectivity index (χ4v) is 4.56.